The van der Waals surface area contributed by atoms with E-state index in [-0.39, 0.29) is 47.0 Å². The number of rotatable bonds is 6. The van der Waals surface area contributed by atoms with Crippen LogP contribution in [0.1, 0.15) is 58.9 Å². The fourth-order valence-electron chi connectivity index (χ4n) is 8.10. The molecule has 3 aliphatic heterocycles. The minimum Gasteiger partial charge on any atom is -0.461 e. The van der Waals surface area contributed by atoms with E-state index in [4.69, 9.17) is 20.9 Å². The second-order valence-electron chi connectivity index (χ2n) is 14.8. The molecule has 1 amide bonds. The fraction of sp³-hybridized carbons (Fsp3) is 0.474. The van der Waals surface area contributed by atoms with Crippen LogP contribution in [0.5, 0.6) is 6.01 Å². The summed E-state index contributed by atoms with van der Waals surface area (Å²) in [5, 5.41) is 11.8. The lowest BCUT2D eigenvalue weighted by atomic mass is 9.94. The van der Waals surface area contributed by atoms with Crippen molar-refractivity contribution < 1.29 is 28.2 Å². The Morgan fingerprint density at radius 1 is 1.20 bits per heavy atom. The third-order valence-corrected chi connectivity index (χ3v) is 10.5. The number of halogens is 2. The molecule has 7 rings (SSSR count). The summed E-state index contributed by atoms with van der Waals surface area (Å²) in [6.07, 6.45) is 9.46. The second kappa shape index (κ2) is 12.6. The molecular formula is C38H42F2N6O4. The van der Waals surface area contributed by atoms with Gasteiger partial charge in [-0.3, -0.25) is 9.88 Å². The molecule has 2 aromatic carbocycles. The number of nitrogens with zero attached hydrogens (tertiary/aromatic N) is 6. The van der Waals surface area contributed by atoms with Gasteiger partial charge in [-0.05, 0) is 71.4 Å². The number of fused-ring (bicyclic) bond motifs is 3. The molecule has 0 aliphatic carbocycles. The predicted octanol–water partition coefficient (Wildman–Crippen LogP) is 5.92. The summed E-state index contributed by atoms with van der Waals surface area (Å²) in [5.74, 6) is 1.51. The van der Waals surface area contributed by atoms with E-state index < -0.39 is 29.4 Å². The zero-order chi connectivity index (χ0) is 35.5. The lowest BCUT2D eigenvalue weighted by Gasteiger charge is -2.33. The Labute approximate surface area is 290 Å². The van der Waals surface area contributed by atoms with E-state index in [0.717, 1.165) is 19.4 Å². The molecule has 10 nitrogen and oxygen atoms in total. The quantitative estimate of drug-likeness (QED) is 0.248. The van der Waals surface area contributed by atoms with E-state index in [9.17, 15) is 14.3 Å². The molecule has 3 aliphatic rings. The molecule has 4 aromatic rings. The van der Waals surface area contributed by atoms with Crippen molar-refractivity contribution in [2.45, 2.75) is 82.7 Å². The molecule has 0 radical (unpaired) electrons. The molecule has 50 heavy (non-hydrogen) atoms. The maximum Gasteiger partial charge on any atom is 0.410 e. The van der Waals surface area contributed by atoms with Crippen LogP contribution in [0.3, 0.4) is 0 Å². The summed E-state index contributed by atoms with van der Waals surface area (Å²) < 4.78 is 43.8. The minimum absolute atomic E-state index is 0.0130. The first kappa shape index (κ1) is 33.9. The summed E-state index contributed by atoms with van der Waals surface area (Å²) in [5.41, 5.74) is -0.679. The van der Waals surface area contributed by atoms with Gasteiger partial charge < -0.3 is 24.4 Å². The number of hydrogen-bond acceptors (Lipinski definition) is 9. The van der Waals surface area contributed by atoms with Crippen molar-refractivity contribution in [2.75, 3.05) is 38.2 Å². The van der Waals surface area contributed by atoms with E-state index >= 15 is 4.39 Å². The largest absolute Gasteiger partial charge is 0.461 e. The van der Waals surface area contributed by atoms with Crippen LogP contribution >= 0.6 is 0 Å². The van der Waals surface area contributed by atoms with Crippen molar-refractivity contribution in [3.63, 3.8) is 0 Å². The molecule has 12 heteroatoms. The Balaban J connectivity index is 1.32. The number of hydrogen-bond donors (Lipinski definition) is 1. The first-order chi connectivity index (χ1) is 23.8. The zero-order valence-corrected chi connectivity index (χ0v) is 29.0. The molecule has 0 spiro atoms. The van der Waals surface area contributed by atoms with E-state index in [0.29, 0.717) is 53.5 Å². The molecule has 1 N–H and O–H groups in total. The van der Waals surface area contributed by atoms with Crippen molar-refractivity contribution in [1.29, 1.82) is 0 Å². The number of terminal acetylenes is 1. The topological polar surface area (TPSA) is 104 Å². The van der Waals surface area contributed by atoms with Crippen molar-refractivity contribution in [2.24, 2.45) is 0 Å². The Hall–Kier alpha value is -4.60. The van der Waals surface area contributed by atoms with Crippen LogP contribution in [0.15, 0.2) is 36.5 Å². The fourth-order valence-corrected chi connectivity index (χ4v) is 8.10. The smallest absolute Gasteiger partial charge is 0.410 e. The van der Waals surface area contributed by atoms with Gasteiger partial charge in [0, 0.05) is 37.3 Å². The van der Waals surface area contributed by atoms with Gasteiger partial charge in [0.2, 0.25) is 0 Å². The lowest BCUT2D eigenvalue weighted by Crippen LogP contribution is -2.45. The van der Waals surface area contributed by atoms with Crippen LogP contribution in [0.2, 0.25) is 0 Å². The van der Waals surface area contributed by atoms with Gasteiger partial charge in [0.25, 0.3) is 0 Å². The lowest BCUT2D eigenvalue weighted by molar-refractivity contribution is 0.0233. The number of pyridine rings is 1. The molecule has 0 bridgehead atoms. The average Bonchev–Trinajstić information content (AvgIpc) is 3.74. The molecule has 3 saturated heterocycles. The number of β-amino-alcohol motifs (C(OH)–C–C–N with tert-alkyl or cyclic N) is 1. The van der Waals surface area contributed by atoms with E-state index in [1.54, 1.807) is 29.2 Å². The van der Waals surface area contributed by atoms with Crippen molar-refractivity contribution >= 4 is 33.6 Å². The third-order valence-electron chi connectivity index (χ3n) is 10.5. The monoisotopic (exact) mass is 684 g/mol. The Morgan fingerprint density at radius 2 is 2.00 bits per heavy atom. The number of amides is 1. The number of aromatic nitrogens is 3. The molecule has 2 aromatic heterocycles. The Kier molecular flexibility index (Phi) is 8.55. The highest BCUT2D eigenvalue weighted by atomic mass is 19.1. The number of carbonyl (C=O) groups excluding carboxylic acids is 1. The first-order valence-electron chi connectivity index (χ1n) is 17.1. The highest BCUT2D eigenvalue weighted by Gasteiger charge is 2.49. The van der Waals surface area contributed by atoms with Gasteiger partial charge in [0.05, 0.1) is 34.7 Å². The Bertz CT molecular complexity index is 2030. The van der Waals surface area contributed by atoms with Crippen molar-refractivity contribution in [1.82, 2.24) is 24.8 Å². The number of aliphatic hydroxyl groups excluding tert-OH is 1. The number of ether oxygens (including phenoxy) is 2. The van der Waals surface area contributed by atoms with Crippen LogP contribution in [0, 0.1) is 24.0 Å². The van der Waals surface area contributed by atoms with Crippen LogP contribution in [0.25, 0.3) is 32.9 Å². The molecule has 0 unspecified atom stereocenters. The summed E-state index contributed by atoms with van der Waals surface area (Å²) in [6.45, 7) is 9.61. The van der Waals surface area contributed by atoms with Gasteiger partial charge in [0.1, 0.15) is 35.1 Å². The molecular weight excluding hydrogens is 642 g/mol. The van der Waals surface area contributed by atoms with Crippen molar-refractivity contribution in [3.8, 4) is 29.6 Å². The third kappa shape index (κ3) is 5.86. The maximum atomic E-state index is 16.9. The molecule has 5 heterocycles. The summed E-state index contributed by atoms with van der Waals surface area (Å²) in [7, 11) is 1.86. The average molecular weight is 685 g/mol. The van der Waals surface area contributed by atoms with E-state index in [1.807, 2.05) is 39.6 Å². The van der Waals surface area contributed by atoms with E-state index in [2.05, 4.69) is 20.8 Å². The van der Waals surface area contributed by atoms with Gasteiger partial charge in [-0.25, -0.2) is 13.6 Å². The summed E-state index contributed by atoms with van der Waals surface area (Å²) in [4.78, 5) is 32.9. The van der Waals surface area contributed by atoms with Crippen molar-refractivity contribution in [3.05, 3.63) is 53.7 Å². The van der Waals surface area contributed by atoms with E-state index in [1.165, 1.54) is 12.3 Å². The number of likely N-dealkylation sites (N-methyl/N-ethyl adjacent to an activating group) is 1. The second-order valence-corrected chi connectivity index (χ2v) is 14.8. The highest BCUT2D eigenvalue weighted by Crippen LogP contribution is 2.41. The maximum absolute atomic E-state index is 16.9. The Morgan fingerprint density at radius 3 is 2.76 bits per heavy atom. The van der Waals surface area contributed by atoms with Gasteiger partial charge >= 0.3 is 12.1 Å². The first-order valence-corrected chi connectivity index (χ1v) is 17.1. The molecule has 4 atom stereocenters. The summed E-state index contributed by atoms with van der Waals surface area (Å²) in [6, 6.07) is 7.64. The van der Waals surface area contributed by atoms with Crippen LogP contribution in [0.4, 0.5) is 19.4 Å². The molecule has 262 valence electrons. The zero-order valence-electron chi connectivity index (χ0n) is 29.0. The number of likely N-dealkylation sites (tertiary alicyclic amines) is 1. The highest BCUT2D eigenvalue weighted by molar-refractivity contribution is 6.02. The SMILES string of the molecule is C#Cc1c(F)ccc2cccc(-c3ncc4c(N(C)[C@@H]5CCN(C(=O)OC(C)(C)C)[C@@H]5C)nc(OC[C@@]56CCCN5C[C@H](O)C6)nc4c3F)c12. The van der Waals surface area contributed by atoms with Gasteiger partial charge in [-0.1, -0.05) is 30.2 Å². The summed E-state index contributed by atoms with van der Waals surface area (Å²) >= 11 is 0. The van der Waals surface area contributed by atoms with Crippen LogP contribution < -0.4 is 9.64 Å². The number of carbonyl (C=O) groups is 1. The minimum atomic E-state index is -0.726. The number of aliphatic hydroxyl groups is 1. The molecule has 0 saturated carbocycles. The predicted molar refractivity (Wildman–Crippen MR) is 187 cm³/mol. The standard InChI is InChI=1S/C38H42F2N6O4/c1-7-25-28(39)13-12-23-10-8-11-26(30(23)25)32-31(40)33-27(19-41-32)34(44(6)29-14-17-46(22(29)2)36(48)50-37(3,4)5)43-35(42-33)49-21-38-15-9-16-45(38)20-24(47)18-38/h1,8,10-13,19,22,24,29,47H,9,14-18,20-21H2,2-6H3/t22-,24-,29-,38+/m1/s1. The van der Waals surface area contributed by atoms with Crippen LogP contribution in [-0.2, 0) is 4.74 Å². The van der Waals surface area contributed by atoms with Gasteiger partial charge in [-0.15, -0.1) is 6.42 Å². The number of benzene rings is 2. The van der Waals surface area contributed by atoms with Gasteiger partial charge in [0.15, 0.2) is 5.82 Å². The number of anilines is 1. The van der Waals surface area contributed by atoms with Crippen LogP contribution in [-0.4, -0.2) is 98.6 Å². The molecule has 3 fully saturated rings. The van der Waals surface area contributed by atoms with Gasteiger partial charge in [-0.2, -0.15) is 9.97 Å². The normalized spacial score (nSPS) is 23.7.